The number of amides is 1. The summed E-state index contributed by atoms with van der Waals surface area (Å²) in [5.41, 5.74) is 0.507. The highest BCUT2D eigenvalue weighted by Gasteiger charge is 2.10. The van der Waals surface area contributed by atoms with Crippen LogP contribution in [0.1, 0.15) is 10.4 Å². The van der Waals surface area contributed by atoms with Gasteiger partial charge in [-0.05, 0) is 24.3 Å². The summed E-state index contributed by atoms with van der Waals surface area (Å²) in [5.74, 6) is 0.418. The number of carbonyl (C=O) groups is 1. The molecule has 0 atom stereocenters. The van der Waals surface area contributed by atoms with Crippen molar-refractivity contribution in [2.24, 2.45) is 4.99 Å². The Morgan fingerprint density at radius 2 is 1.87 bits per heavy atom. The molecule has 2 N–H and O–H groups in total. The first-order valence-electron chi connectivity index (χ1n) is 7.47. The number of methoxy groups -OCH3 is 2. The van der Waals surface area contributed by atoms with Crippen LogP contribution in [-0.2, 0) is 9.47 Å². The Hall–Kier alpha value is -2.12. The Morgan fingerprint density at radius 1 is 1.17 bits per heavy atom. The van der Waals surface area contributed by atoms with Crippen LogP contribution in [0.5, 0.6) is 5.75 Å². The van der Waals surface area contributed by atoms with Gasteiger partial charge in [-0.2, -0.15) is 0 Å². The van der Waals surface area contributed by atoms with E-state index in [1.807, 2.05) is 14.1 Å². The minimum Gasteiger partial charge on any atom is -0.497 e. The third-order valence-electron chi connectivity index (χ3n) is 2.97. The number of quaternary nitrogens is 1. The molecule has 0 aliphatic rings. The van der Waals surface area contributed by atoms with E-state index in [9.17, 15) is 4.79 Å². The van der Waals surface area contributed by atoms with Gasteiger partial charge < -0.3 is 19.1 Å². The molecule has 1 rings (SSSR count). The molecule has 0 heterocycles. The standard InChI is InChI=1S/C16H25N3O4/c1-19(2)10-9-17-16(23-12-11-21-3)18-15(20)13-5-7-14(22-4)8-6-13/h5-8H,9-12H2,1-4H3,(H,17,18,20)/p+1. The second kappa shape index (κ2) is 10.6. The topological polar surface area (TPSA) is 73.6 Å². The quantitative estimate of drug-likeness (QED) is 0.387. The molecule has 128 valence electrons. The van der Waals surface area contributed by atoms with Crippen LogP contribution in [0, 0.1) is 0 Å². The van der Waals surface area contributed by atoms with E-state index in [-0.39, 0.29) is 11.9 Å². The third kappa shape index (κ3) is 7.62. The number of likely N-dealkylation sites (N-methyl/N-ethyl adjacent to an activating group) is 1. The lowest BCUT2D eigenvalue weighted by Gasteiger charge is -2.11. The number of hydrogen-bond donors (Lipinski definition) is 2. The molecule has 0 bridgehead atoms. The van der Waals surface area contributed by atoms with E-state index in [2.05, 4.69) is 10.3 Å². The average molecular weight is 324 g/mol. The lowest BCUT2D eigenvalue weighted by molar-refractivity contribution is -0.856. The Balaban J connectivity index is 2.66. The molecule has 1 aromatic carbocycles. The molecule has 0 spiro atoms. The lowest BCUT2D eigenvalue weighted by Crippen LogP contribution is -3.06. The van der Waals surface area contributed by atoms with Crippen molar-refractivity contribution in [3.63, 3.8) is 0 Å². The predicted molar refractivity (Wildman–Crippen MR) is 88.3 cm³/mol. The summed E-state index contributed by atoms with van der Waals surface area (Å²) in [4.78, 5) is 17.8. The number of ether oxygens (including phenoxy) is 3. The fourth-order valence-corrected chi connectivity index (χ4v) is 1.64. The largest absolute Gasteiger partial charge is 0.497 e. The summed E-state index contributed by atoms with van der Waals surface area (Å²) in [6, 6.07) is 7.04. The molecule has 1 amide bonds. The van der Waals surface area contributed by atoms with Gasteiger partial charge in [0, 0.05) is 12.7 Å². The van der Waals surface area contributed by atoms with Crippen LogP contribution in [0.3, 0.4) is 0 Å². The molecule has 0 aliphatic heterocycles. The van der Waals surface area contributed by atoms with Gasteiger partial charge in [0.2, 0.25) is 0 Å². The van der Waals surface area contributed by atoms with Crippen molar-refractivity contribution in [2.75, 3.05) is 54.6 Å². The zero-order valence-electron chi connectivity index (χ0n) is 14.2. The highest BCUT2D eigenvalue weighted by molar-refractivity contribution is 6.04. The van der Waals surface area contributed by atoms with Crippen molar-refractivity contribution in [1.82, 2.24) is 5.32 Å². The predicted octanol–water partition coefficient (Wildman–Crippen LogP) is -0.411. The van der Waals surface area contributed by atoms with E-state index in [4.69, 9.17) is 14.2 Å². The van der Waals surface area contributed by atoms with Gasteiger partial charge in [0.1, 0.15) is 12.4 Å². The molecule has 7 nitrogen and oxygen atoms in total. The van der Waals surface area contributed by atoms with Crippen LogP contribution in [0.15, 0.2) is 29.3 Å². The summed E-state index contributed by atoms with van der Waals surface area (Å²) >= 11 is 0. The van der Waals surface area contributed by atoms with Gasteiger partial charge >= 0.3 is 0 Å². The van der Waals surface area contributed by atoms with Crippen LogP contribution in [0.2, 0.25) is 0 Å². The van der Waals surface area contributed by atoms with Crippen LogP contribution in [0.4, 0.5) is 0 Å². The zero-order chi connectivity index (χ0) is 17.1. The summed E-state index contributed by atoms with van der Waals surface area (Å²) < 4.78 is 15.5. The maximum atomic E-state index is 12.2. The van der Waals surface area contributed by atoms with Crippen molar-refractivity contribution < 1.29 is 23.9 Å². The first-order chi connectivity index (χ1) is 11.1. The minimum absolute atomic E-state index is 0.212. The van der Waals surface area contributed by atoms with Crippen LogP contribution in [-0.4, -0.2) is 66.5 Å². The number of nitrogens with one attached hydrogen (secondary N) is 2. The monoisotopic (exact) mass is 324 g/mol. The van der Waals surface area contributed by atoms with Gasteiger partial charge in [0.05, 0.1) is 40.9 Å². The maximum Gasteiger partial charge on any atom is 0.291 e. The van der Waals surface area contributed by atoms with Crippen molar-refractivity contribution >= 4 is 11.9 Å². The number of rotatable bonds is 8. The van der Waals surface area contributed by atoms with E-state index in [1.54, 1.807) is 38.5 Å². The number of aliphatic imine (C=N–C) groups is 1. The number of benzene rings is 1. The molecule has 23 heavy (non-hydrogen) atoms. The molecule has 0 radical (unpaired) electrons. The fourth-order valence-electron chi connectivity index (χ4n) is 1.64. The van der Waals surface area contributed by atoms with Gasteiger partial charge in [-0.1, -0.05) is 0 Å². The van der Waals surface area contributed by atoms with E-state index < -0.39 is 0 Å². The van der Waals surface area contributed by atoms with Gasteiger partial charge in [0.15, 0.2) is 0 Å². The zero-order valence-corrected chi connectivity index (χ0v) is 14.2. The number of nitrogens with zero attached hydrogens (tertiary/aromatic N) is 1. The highest BCUT2D eigenvalue weighted by atomic mass is 16.5. The van der Waals surface area contributed by atoms with Gasteiger partial charge in [-0.15, -0.1) is 0 Å². The molecule has 0 aliphatic carbocycles. The summed E-state index contributed by atoms with van der Waals surface area (Å²) in [6.07, 6.45) is 0. The number of hydrogen-bond acceptors (Lipinski definition) is 5. The van der Waals surface area contributed by atoms with E-state index in [0.717, 1.165) is 6.54 Å². The summed E-state index contributed by atoms with van der Waals surface area (Å²) in [6.45, 7) is 2.16. The fraction of sp³-hybridized carbons (Fsp3) is 0.500. The van der Waals surface area contributed by atoms with Crippen molar-refractivity contribution in [3.05, 3.63) is 29.8 Å². The maximum absolute atomic E-state index is 12.2. The Bertz CT molecular complexity index is 501. The average Bonchev–Trinajstić information content (AvgIpc) is 2.54. The van der Waals surface area contributed by atoms with E-state index in [1.165, 1.54) is 4.90 Å². The molecular formula is C16H26N3O4+. The molecule has 0 saturated carbocycles. The van der Waals surface area contributed by atoms with Crippen LogP contribution < -0.4 is 15.0 Å². The molecule has 0 fully saturated rings. The van der Waals surface area contributed by atoms with E-state index >= 15 is 0 Å². The first-order valence-corrected chi connectivity index (χ1v) is 7.47. The minimum atomic E-state index is -0.277. The highest BCUT2D eigenvalue weighted by Crippen LogP contribution is 2.11. The molecule has 7 heteroatoms. The molecule has 0 aromatic heterocycles. The van der Waals surface area contributed by atoms with Gasteiger partial charge in [-0.25, -0.2) is 4.99 Å². The Labute approximate surface area is 137 Å². The smallest absolute Gasteiger partial charge is 0.291 e. The number of carbonyl (C=O) groups excluding carboxylic acids is 1. The summed E-state index contributed by atoms with van der Waals surface area (Å²) in [5, 5.41) is 2.69. The number of amidine groups is 1. The van der Waals surface area contributed by atoms with Gasteiger partial charge in [-0.3, -0.25) is 10.1 Å². The molecule has 1 aromatic rings. The Morgan fingerprint density at radius 3 is 2.43 bits per heavy atom. The first kappa shape index (κ1) is 18.9. The van der Waals surface area contributed by atoms with Crippen LogP contribution in [0.25, 0.3) is 0 Å². The SMILES string of the molecule is COCCOC(=NCC[NH+](C)C)NC(=O)c1ccc(OC)cc1. The normalized spacial score (nSPS) is 11.4. The molecule has 0 saturated heterocycles. The van der Waals surface area contributed by atoms with E-state index in [0.29, 0.717) is 31.1 Å². The lowest BCUT2D eigenvalue weighted by atomic mass is 10.2. The molecular weight excluding hydrogens is 298 g/mol. The van der Waals surface area contributed by atoms with Crippen molar-refractivity contribution in [3.8, 4) is 5.75 Å². The molecule has 0 unspecified atom stereocenters. The Kier molecular flexibility index (Phi) is 8.71. The third-order valence-corrected chi connectivity index (χ3v) is 2.97. The van der Waals surface area contributed by atoms with Crippen molar-refractivity contribution in [1.29, 1.82) is 0 Å². The second-order valence-corrected chi connectivity index (χ2v) is 5.17. The van der Waals surface area contributed by atoms with Crippen LogP contribution >= 0.6 is 0 Å². The second-order valence-electron chi connectivity index (χ2n) is 5.17. The van der Waals surface area contributed by atoms with Crippen molar-refractivity contribution in [2.45, 2.75) is 0 Å². The summed E-state index contributed by atoms with van der Waals surface area (Å²) in [7, 11) is 7.25. The van der Waals surface area contributed by atoms with Gasteiger partial charge in [0.25, 0.3) is 11.9 Å².